The van der Waals surface area contributed by atoms with Gasteiger partial charge in [-0.2, -0.15) is 0 Å². The van der Waals surface area contributed by atoms with Crippen molar-refractivity contribution in [3.8, 4) is 11.3 Å². The number of rotatable bonds is 3. The second-order valence-electron chi connectivity index (χ2n) is 4.28. The summed E-state index contributed by atoms with van der Waals surface area (Å²) in [5, 5.41) is 0. The molecular formula is C13H16BrN3. The van der Waals surface area contributed by atoms with E-state index in [1.807, 2.05) is 18.2 Å². The number of benzene rings is 1. The molecule has 90 valence electrons. The van der Waals surface area contributed by atoms with Gasteiger partial charge in [0.2, 0.25) is 0 Å². The Morgan fingerprint density at radius 2 is 2.06 bits per heavy atom. The van der Waals surface area contributed by atoms with Gasteiger partial charge in [-0.25, -0.2) is 4.98 Å². The quantitative estimate of drug-likeness (QED) is 0.911. The number of aromatic amines is 1. The molecule has 0 spiro atoms. The van der Waals surface area contributed by atoms with Crippen molar-refractivity contribution in [2.45, 2.75) is 26.3 Å². The number of halogens is 1. The molecule has 17 heavy (non-hydrogen) atoms. The SMILES string of the molecule is CC(C)c1[nH]c(CN)nc1-c1ccccc1Br. The van der Waals surface area contributed by atoms with Crippen LogP contribution in [0.1, 0.15) is 31.3 Å². The highest BCUT2D eigenvalue weighted by atomic mass is 79.9. The smallest absolute Gasteiger partial charge is 0.120 e. The lowest BCUT2D eigenvalue weighted by molar-refractivity contribution is 0.822. The first kappa shape index (κ1) is 12.3. The molecular weight excluding hydrogens is 278 g/mol. The summed E-state index contributed by atoms with van der Waals surface area (Å²) in [6, 6.07) is 8.10. The predicted molar refractivity (Wildman–Crippen MR) is 73.7 cm³/mol. The summed E-state index contributed by atoms with van der Waals surface area (Å²) in [6.45, 7) is 4.73. The average molecular weight is 294 g/mol. The van der Waals surface area contributed by atoms with E-state index < -0.39 is 0 Å². The zero-order chi connectivity index (χ0) is 12.4. The maximum Gasteiger partial charge on any atom is 0.120 e. The average Bonchev–Trinajstić information content (AvgIpc) is 2.73. The molecule has 3 N–H and O–H groups in total. The van der Waals surface area contributed by atoms with Crippen LogP contribution < -0.4 is 5.73 Å². The van der Waals surface area contributed by atoms with E-state index in [0.29, 0.717) is 12.5 Å². The molecule has 2 aromatic rings. The van der Waals surface area contributed by atoms with Crippen LogP contribution in [0.25, 0.3) is 11.3 Å². The maximum atomic E-state index is 5.64. The first-order chi connectivity index (χ1) is 8.13. The Labute approximate surface area is 110 Å². The third-order valence-corrected chi connectivity index (χ3v) is 3.37. The minimum Gasteiger partial charge on any atom is -0.344 e. The molecule has 0 bridgehead atoms. The minimum absolute atomic E-state index is 0.393. The molecule has 0 aliphatic carbocycles. The molecule has 2 rings (SSSR count). The van der Waals surface area contributed by atoms with Crippen molar-refractivity contribution >= 4 is 15.9 Å². The molecule has 3 nitrogen and oxygen atoms in total. The summed E-state index contributed by atoms with van der Waals surface area (Å²) in [6.07, 6.45) is 0. The lowest BCUT2D eigenvalue weighted by Gasteiger charge is -2.07. The highest BCUT2D eigenvalue weighted by Crippen LogP contribution is 2.32. The Balaban J connectivity index is 2.58. The molecule has 0 saturated carbocycles. The summed E-state index contributed by atoms with van der Waals surface area (Å²) in [5.74, 6) is 1.23. The van der Waals surface area contributed by atoms with Crippen LogP contribution in [0.2, 0.25) is 0 Å². The fourth-order valence-electron chi connectivity index (χ4n) is 1.81. The normalized spacial score (nSPS) is 11.1. The van der Waals surface area contributed by atoms with Crippen LogP contribution in [-0.4, -0.2) is 9.97 Å². The topological polar surface area (TPSA) is 54.7 Å². The van der Waals surface area contributed by atoms with E-state index in [9.17, 15) is 0 Å². The molecule has 0 amide bonds. The summed E-state index contributed by atoms with van der Waals surface area (Å²) < 4.78 is 1.05. The molecule has 1 aromatic heterocycles. The fraction of sp³-hybridized carbons (Fsp3) is 0.308. The van der Waals surface area contributed by atoms with Gasteiger partial charge in [0.25, 0.3) is 0 Å². The second kappa shape index (κ2) is 5.02. The molecule has 4 heteroatoms. The van der Waals surface area contributed by atoms with Gasteiger partial charge in [0.1, 0.15) is 5.82 Å². The van der Waals surface area contributed by atoms with E-state index in [4.69, 9.17) is 5.73 Å². The summed E-state index contributed by atoms with van der Waals surface area (Å²) in [5.41, 5.74) is 8.88. The third kappa shape index (κ3) is 2.42. The maximum absolute atomic E-state index is 5.64. The number of hydrogen-bond acceptors (Lipinski definition) is 2. The van der Waals surface area contributed by atoms with Gasteiger partial charge in [0.15, 0.2) is 0 Å². The Kier molecular flexibility index (Phi) is 3.64. The van der Waals surface area contributed by atoms with Crippen molar-refractivity contribution in [1.29, 1.82) is 0 Å². The highest BCUT2D eigenvalue weighted by molar-refractivity contribution is 9.10. The molecule has 1 aromatic carbocycles. The van der Waals surface area contributed by atoms with E-state index in [2.05, 4.69) is 45.8 Å². The summed E-state index contributed by atoms with van der Waals surface area (Å²) in [4.78, 5) is 7.87. The van der Waals surface area contributed by atoms with E-state index in [-0.39, 0.29) is 0 Å². The van der Waals surface area contributed by atoms with Crippen LogP contribution >= 0.6 is 15.9 Å². The molecule has 1 heterocycles. The van der Waals surface area contributed by atoms with Crippen molar-refractivity contribution < 1.29 is 0 Å². The minimum atomic E-state index is 0.393. The van der Waals surface area contributed by atoms with Crippen molar-refractivity contribution in [1.82, 2.24) is 9.97 Å². The van der Waals surface area contributed by atoms with Crippen molar-refractivity contribution in [2.75, 3.05) is 0 Å². The lowest BCUT2D eigenvalue weighted by atomic mass is 10.0. The summed E-state index contributed by atoms with van der Waals surface area (Å²) in [7, 11) is 0. The lowest BCUT2D eigenvalue weighted by Crippen LogP contribution is -1.98. The van der Waals surface area contributed by atoms with Gasteiger partial charge in [-0.3, -0.25) is 0 Å². The van der Waals surface area contributed by atoms with Gasteiger partial charge in [-0.1, -0.05) is 48.0 Å². The molecule has 0 unspecified atom stereocenters. The number of imidazole rings is 1. The number of nitrogens with two attached hydrogens (primary N) is 1. The monoisotopic (exact) mass is 293 g/mol. The Morgan fingerprint density at radius 1 is 1.35 bits per heavy atom. The third-order valence-electron chi connectivity index (χ3n) is 2.68. The number of nitrogens with zero attached hydrogens (tertiary/aromatic N) is 1. The van der Waals surface area contributed by atoms with Crippen molar-refractivity contribution in [3.05, 3.63) is 40.3 Å². The Hall–Kier alpha value is -1.13. The number of aromatic nitrogens is 2. The molecule has 0 radical (unpaired) electrons. The Bertz CT molecular complexity index is 517. The molecule has 0 saturated heterocycles. The van der Waals surface area contributed by atoms with Gasteiger partial charge in [-0.05, 0) is 12.0 Å². The van der Waals surface area contributed by atoms with Crippen LogP contribution in [0, 0.1) is 0 Å². The van der Waals surface area contributed by atoms with Gasteiger partial charge >= 0.3 is 0 Å². The first-order valence-electron chi connectivity index (χ1n) is 5.67. The van der Waals surface area contributed by atoms with Crippen LogP contribution in [0.5, 0.6) is 0 Å². The van der Waals surface area contributed by atoms with Crippen LogP contribution in [0.4, 0.5) is 0 Å². The van der Waals surface area contributed by atoms with E-state index >= 15 is 0 Å². The van der Waals surface area contributed by atoms with Crippen LogP contribution in [0.15, 0.2) is 28.7 Å². The van der Waals surface area contributed by atoms with Gasteiger partial charge < -0.3 is 10.7 Å². The Morgan fingerprint density at radius 3 is 2.65 bits per heavy atom. The highest BCUT2D eigenvalue weighted by Gasteiger charge is 2.15. The van der Waals surface area contributed by atoms with E-state index in [1.165, 1.54) is 0 Å². The number of hydrogen-bond donors (Lipinski definition) is 2. The zero-order valence-corrected chi connectivity index (χ0v) is 11.6. The van der Waals surface area contributed by atoms with Crippen molar-refractivity contribution in [2.24, 2.45) is 5.73 Å². The number of nitrogens with one attached hydrogen (secondary N) is 1. The first-order valence-corrected chi connectivity index (χ1v) is 6.46. The molecule has 0 atom stereocenters. The molecule has 0 fully saturated rings. The number of H-pyrrole nitrogens is 1. The van der Waals surface area contributed by atoms with Crippen LogP contribution in [-0.2, 0) is 6.54 Å². The second-order valence-corrected chi connectivity index (χ2v) is 5.14. The van der Waals surface area contributed by atoms with E-state index in [0.717, 1.165) is 27.2 Å². The molecule has 0 aliphatic rings. The van der Waals surface area contributed by atoms with Gasteiger partial charge in [0.05, 0.1) is 12.2 Å². The standard InChI is InChI=1S/C13H16BrN3/c1-8(2)12-13(17-11(7-15)16-12)9-5-3-4-6-10(9)14/h3-6,8H,7,15H2,1-2H3,(H,16,17). The van der Waals surface area contributed by atoms with E-state index in [1.54, 1.807) is 0 Å². The van der Waals surface area contributed by atoms with Crippen molar-refractivity contribution in [3.63, 3.8) is 0 Å². The zero-order valence-electron chi connectivity index (χ0n) is 10.00. The van der Waals surface area contributed by atoms with Gasteiger partial charge in [0, 0.05) is 15.7 Å². The summed E-state index contributed by atoms with van der Waals surface area (Å²) >= 11 is 3.56. The molecule has 0 aliphatic heterocycles. The van der Waals surface area contributed by atoms with Gasteiger partial charge in [-0.15, -0.1) is 0 Å². The fourth-order valence-corrected chi connectivity index (χ4v) is 2.28. The van der Waals surface area contributed by atoms with Crippen LogP contribution in [0.3, 0.4) is 0 Å². The largest absolute Gasteiger partial charge is 0.344 e. The predicted octanol–water partition coefficient (Wildman–Crippen LogP) is 3.42.